The minimum absolute atomic E-state index is 0.863. The van der Waals surface area contributed by atoms with E-state index in [4.69, 9.17) is 0 Å². The summed E-state index contributed by atoms with van der Waals surface area (Å²) >= 11 is 1.66. The van der Waals surface area contributed by atoms with Gasteiger partial charge in [0.15, 0.2) is 0 Å². The number of hydrogen-bond acceptors (Lipinski definition) is 5. The van der Waals surface area contributed by atoms with Crippen molar-refractivity contribution in [1.82, 2.24) is 25.3 Å². The molecule has 2 aromatic heterocycles. The summed E-state index contributed by atoms with van der Waals surface area (Å²) in [5.41, 5.74) is 3.61. The largest absolute Gasteiger partial charge is 0.299 e. The third kappa shape index (κ3) is 3.14. The van der Waals surface area contributed by atoms with E-state index in [0.717, 1.165) is 35.2 Å². The highest BCUT2D eigenvalue weighted by atomic mass is 32.1. The van der Waals surface area contributed by atoms with Gasteiger partial charge in [0.1, 0.15) is 10.0 Å². The molecule has 0 amide bonds. The molecule has 0 aromatic carbocycles. The van der Waals surface area contributed by atoms with Crippen LogP contribution in [0.25, 0.3) is 0 Å². The van der Waals surface area contributed by atoms with Crippen LogP contribution in [-0.2, 0) is 13.0 Å². The summed E-state index contributed by atoms with van der Waals surface area (Å²) in [5.74, 6) is 0. The van der Waals surface area contributed by atoms with E-state index >= 15 is 0 Å². The minimum atomic E-state index is 0.863. The SMILES string of the molecule is Cc1nnc(CN(C)CCc2c(C)n[nH]c2C)s1. The van der Waals surface area contributed by atoms with Crippen LogP contribution in [-0.4, -0.2) is 38.9 Å². The first kappa shape index (κ1) is 13.2. The number of likely N-dealkylation sites (N-methyl/N-ethyl adjacent to an activating group) is 1. The van der Waals surface area contributed by atoms with Crippen LogP contribution in [0.5, 0.6) is 0 Å². The molecule has 6 heteroatoms. The Morgan fingerprint density at radius 1 is 1.22 bits per heavy atom. The van der Waals surface area contributed by atoms with Crippen molar-refractivity contribution in [3.8, 4) is 0 Å². The summed E-state index contributed by atoms with van der Waals surface area (Å²) in [4.78, 5) is 2.27. The van der Waals surface area contributed by atoms with Crippen molar-refractivity contribution in [2.45, 2.75) is 33.7 Å². The molecule has 0 bridgehead atoms. The maximum atomic E-state index is 4.22. The Hall–Kier alpha value is -1.27. The van der Waals surface area contributed by atoms with E-state index < -0.39 is 0 Å². The van der Waals surface area contributed by atoms with Crippen molar-refractivity contribution in [1.29, 1.82) is 0 Å². The molecule has 5 nitrogen and oxygen atoms in total. The smallest absolute Gasteiger partial charge is 0.131 e. The van der Waals surface area contributed by atoms with Crippen LogP contribution >= 0.6 is 11.3 Å². The third-order valence-electron chi connectivity index (χ3n) is 3.00. The van der Waals surface area contributed by atoms with Gasteiger partial charge in [0.2, 0.25) is 0 Å². The molecule has 0 saturated heterocycles. The molecule has 0 aliphatic carbocycles. The van der Waals surface area contributed by atoms with E-state index in [9.17, 15) is 0 Å². The lowest BCUT2D eigenvalue weighted by molar-refractivity contribution is 0.329. The van der Waals surface area contributed by atoms with E-state index in [-0.39, 0.29) is 0 Å². The van der Waals surface area contributed by atoms with Crippen molar-refractivity contribution in [2.75, 3.05) is 13.6 Å². The standard InChI is InChI=1S/C12H19N5S/c1-8-11(9(2)14-13-8)5-6-17(4)7-12-16-15-10(3)18-12/h5-7H2,1-4H3,(H,13,14). The molecular weight excluding hydrogens is 246 g/mol. The summed E-state index contributed by atoms with van der Waals surface area (Å²) in [6, 6.07) is 0. The molecule has 0 aliphatic rings. The molecule has 2 rings (SSSR count). The highest BCUT2D eigenvalue weighted by Crippen LogP contribution is 2.13. The molecular formula is C12H19N5S. The quantitative estimate of drug-likeness (QED) is 0.896. The molecule has 18 heavy (non-hydrogen) atoms. The van der Waals surface area contributed by atoms with Gasteiger partial charge in [0, 0.05) is 12.2 Å². The van der Waals surface area contributed by atoms with Crippen LogP contribution in [0, 0.1) is 20.8 Å². The van der Waals surface area contributed by atoms with Crippen molar-refractivity contribution < 1.29 is 0 Å². The average molecular weight is 265 g/mol. The maximum Gasteiger partial charge on any atom is 0.131 e. The summed E-state index contributed by atoms with van der Waals surface area (Å²) in [7, 11) is 2.11. The zero-order valence-electron chi connectivity index (χ0n) is 11.3. The summed E-state index contributed by atoms with van der Waals surface area (Å²) in [6.07, 6.45) is 1.02. The first-order chi connectivity index (χ1) is 8.56. The highest BCUT2D eigenvalue weighted by Gasteiger charge is 2.09. The normalized spacial score (nSPS) is 11.4. The van der Waals surface area contributed by atoms with Crippen LogP contribution in [0.15, 0.2) is 0 Å². The van der Waals surface area contributed by atoms with E-state index in [1.54, 1.807) is 11.3 Å². The second kappa shape index (κ2) is 5.58. The molecule has 2 heterocycles. The molecule has 98 valence electrons. The van der Waals surface area contributed by atoms with Crippen molar-refractivity contribution >= 4 is 11.3 Å². The van der Waals surface area contributed by atoms with Crippen LogP contribution < -0.4 is 0 Å². The lowest BCUT2D eigenvalue weighted by atomic mass is 10.1. The topological polar surface area (TPSA) is 57.7 Å². The van der Waals surface area contributed by atoms with Gasteiger partial charge in [-0.05, 0) is 39.8 Å². The van der Waals surface area contributed by atoms with Crippen molar-refractivity contribution in [2.24, 2.45) is 0 Å². The Morgan fingerprint density at radius 3 is 2.56 bits per heavy atom. The van der Waals surface area contributed by atoms with E-state index in [1.807, 2.05) is 13.8 Å². The molecule has 0 atom stereocenters. The molecule has 0 aliphatic heterocycles. The number of H-pyrrole nitrogens is 1. The summed E-state index contributed by atoms with van der Waals surface area (Å²) in [6.45, 7) is 7.97. The van der Waals surface area contributed by atoms with Crippen LogP contribution in [0.2, 0.25) is 0 Å². The predicted molar refractivity (Wildman–Crippen MR) is 72.7 cm³/mol. The first-order valence-electron chi connectivity index (χ1n) is 6.04. The Balaban J connectivity index is 1.87. The van der Waals surface area contributed by atoms with Gasteiger partial charge >= 0.3 is 0 Å². The zero-order chi connectivity index (χ0) is 13.1. The van der Waals surface area contributed by atoms with Gasteiger partial charge < -0.3 is 0 Å². The Morgan fingerprint density at radius 2 is 2.00 bits per heavy atom. The highest BCUT2D eigenvalue weighted by molar-refractivity contribution is 7.11. The number of hydrogen-bond donors (Lipinski definition) is 1. The van der Waals surface area contributed by atoms with Crippen LogP contribution in [0.4, 0.5) is 0 Å². The number of aromatic nitrogens is 4. The number of aryl methyl sites for hydroxylation is 3. The molecule has 0 unspecified atom stereocenters. The average Bonchev–Trinajstić information content (AvgIpc) is 2.84. The number of nitrogens with one attached hydrogen (secondary N) is 1. The number of nitrogens with zero attached hydrogens (tertiary/aromatic N) is 4. The fourth-order valence-corrected chi connectivity index (χ4v) is 2.75. The van der Waals surface area contributed by atoms with E-state index in [2.05, 4.69) is 39.3 Å². The predicted octanol–water partition coefficient (Wildman–Crippen LogP) is 1.86. The van der Waals surface area contributed by atoms with Crippen molar-refractivity contribution in [3.63, 3.8) is 0 Å². The van der Waals surface area contributed by atoms with Crippen LogP contribution in [0.1, 0.15) is 27.0 Å². The van der Waals surface area contributed by atoms with Crippen LogP contribution in [0.3, 0.4) is 0 Å². The van der Waals surface area contributed by atoms with E-state index in [0.29, 0.717) is 0 Å². The molecule has 0 spiro atoms. The lowest BCUT2D eigenvalue weighted by Crippen LogP contribution is -2.21. The maximum absolute atomic E-state index is 4.22. The summed E-state index contributed by atoms with van der Waals surface area (Å²) in [5, 5.41) is 17.5. The van der Waals surface area contributed by atoms with E-state index in [1.165, 1.54) is 11.3 Å². The molecule has 0 saturated carbocycles. The fraction of sp³-hybridized carbons (Fsp3) is 0.583. The Bertz CT molecular complexity index is 497. The zero-order valence-corrected chi connectivity index (χ0v) is 12.1. The molecule has 0 fully saturated rings. The van der Waals surface area contributed by atoms with Gasteiger partial charge in [-0.3, -0.25) is 10.00 Å². The third-order valence-corrected chi connectivity index (χ3v) is 3.82. The summed E-state index contributed by atoms with van der Waals surface area (Å²) < 4.78 is 0. The van der Waals surface area contributed by atoms with Gasteiger partial charge in [0.05, 0.1) is 12.2 Å². The molecule has 2 aromatic rings. The Kier molecular flexibility index (Phi) is 4.08. The van der Waals surface area contributed by atoms with Gasteiger partial charge in [-0.1, -0.05) is 0 Å². The molecule has 1 N–H and O–H groups in total. The van der Waals surface area contributed by atoms with Gasteiger partial charge in [-0.25, -0.2) is 0 Å². The van der Waals surface area contributed by atoms with Crippen molar-refractivity contribution in [3.05, 3.63) is 27.0 Å². The second-order valence-corrected chi connectivity index (χ2v) is 5.88. The second-order valence-electron chi connectivity index (χ2n) is 4.62. The number of rotatable bonds is 5. The monoisotopic (exact) mass is 265 g/mol. The van der Waals surface area contributed by atoms with Gasteiger partial charge in [-0.2, -0.15) is 5.10 Å². The van der Waals surface area contributed by atoms with Gasteiger partial charge in [-0.15, -0.1) is 21.5 Å². The van der Waals surface area contributed by atoms with Gasteiger partial charge in [0.25, 0.3) is 0 Å². The molecule has 0 radical (unpaired) electrons. The Labute approximate surface area is 111 Å². The fourth-order valence-electron chi connectivity index (χ4n) is 1.96. The minimum Gasteiger partial charge on any atom is -0.299 e. The first-order valence-corrected chi connectivity index (χ1v) is 6.86. The number of aromatic amines is 1. The lowest BCUT2D eigenvalue weighted by Gasteiger charge is -2.14.